The van der Waals surface area contributed by atoms with Crippen LogP contribution in [0.5, 0.6) is 0 Å². The summed E-state index contributed by atoms with van der Waals surface area (Å²) >= 11 is 14.4. The molecule has 0 N–H and O–H groups in total. The van der Waals surface area contributed by atoms with Crippen molar-refractivity contribution in [2.75, 3.05) is 0 Å². The van der Waals surface area contributed by atoms with Crippen molar-refractivity contribution >= 4 is 34.8 Å². The predicted octanol–water partition coefficient (Wildman–Crippen LogP) is 1.98. The summed E-state index contributed by atoms with van der Waals surface area (Å²) in [7, 11) is 0. The summed E-state index contributed by atoms with van der Waals surface area (Å²) in [6, 6.07) is 0. The summed E-state index contributed by atoms with van der Waals surface area (Å²) in [5.74, 6) is 0. The molecule has 0 aliphatic carbocycles. The summed E-state index contributed by atoms with van der Waals surface area (Å²) in [6.07, 6.45) is 0. The van der Waals surface area contributed by atoms with Crippen molar-refractivity contribution in [2.45, 2.75) is 4.30 Å². The van der Waals surface area contributed by atoms with E-state index in [1.54, 1.807) is 0 Å². The topological polar surface area (TPSA) is 0 Å². The van der Waals surface area contributed by atoms with Crippen LogP contribution >= 0.6 is 34.8 Å². The summed E-state index contributed by atoms with van der Waals surface area (Å²) < 4.78 is -0.750. The third-order valence-corrected chi connectivity index (χ3v) is 0. The molecule has 0 radical (unpaired) electrons. The zero-order valence-corrected chi connectivity index (χ0v) is 7.65. The quantitative estimate of drug-likeness (QED) is 0.399. The van der Waals surface area contributed by atoms with Crippen molar-refractivity contribution < 1.29 is 19.5 Å². The molecule has 0 bridgehead atoms. The van der Waals surface area contributed by atoms with E-state index >= 15 is 0 Å². The molecule has 0 aliphatic heterocycles. The third-order valence-electron chi connectivity index (χ3n) is 0. The SMILES string of the molecule is ClC(Cl)Cl.[Zn]. The van der Waals surface area contributed by atoms with E-state index in [0.29, 0.717) is 0 Å². The first-order chi connectivity index (χ1) is 1.73. The Hall–Kier alpha value is 1.49. The van der Waals surface area contributed by atoms with E-state index in [9.17, 15) is 0 Å². The summed E-state index contributed by atoms with van der Waals surface area (Å²) in [4.78, 5) is 0. The van der Waals surface area contributed by atoms with Crippen LogP contribution in [0.25, 0.3) is 0 Å². The van der Waals surface area contributed by atoms with Gasteiger partial charge in [0.2, 0.25) is 0 Å². The van der Waals surface area contributed by atoms with Crippen molar-refractivity contribution in [2.24, 2.45) is 0 Å². The van der Waals surface area contributed by atoms with Crippen molar-refractivity contribution in [1.82, 2.24) is 0 Å². The third kappa shape index (κ3) is 30.1. The molecule has 0 spiro atoms. The minimum Gasteiger partial charge on any atom is -0.0874 e. The molecule has 0 amide bonds. The van der Waals surface area contributed by atoms with E-state index in [1.165, 1.54) is 0 Å². The second-order valence-corrected chi connectivity index (χ2v) is 2.23. The largest absolute Gasteiger partial charge is 0.180 e. The predicted molar refractivity (Wildman–Crippen MR) is 21.3 cm³/mol. The van der Waals surface area contributed by atoms with Crippen LogP contribution in [0.1, 0.15) is 0 Å². The molecule has 0 saturated carbocycles. The van der Waals surface area contributed by atoms with Crippen LogP contribution in [0.15, 0.2) is 0 Å². The normalized spacial score (nSPS) is 7.20. The standard InChI is InChI=1S/CHCl3.Zn/c2-1(3)4;/h1H;. The molecule has 5 heavy (non-hydrogen) atoms. The number of hydrogen-bond acceptors (Lipinski definition) is 0. The van der Waals surface area contributed by atoms with Crippen LogP contribution < -0.4 is 0 Å². The van der Waals surface area contributed by atoms with Gasteiger partial charge < -0.3 is 0 Å². The fourth-order valence-electron chi connectivity index (χ4n) is 0. The van der Waals surface area contributed by atoms with E-state index in [2.05, 4.69) is 0 Å². The van der Waals surface area contributed by atoms with E-state index in [4.69, 9.17) is 34.8 Å². The Kier molecular flexibility index (Phi) is 10.7. The Morgan fingerprint density at radius 2 is 1.00 bits per heavy atom. The number of rotatable bonds is 0. The minimum absolute atomic E-state index is 0. The van der Waals surface area contributed by atoms with E-state index < -0.39 is 4.30 Å². The van der Waals surface area contributed by atoms with Gasteiger partial charge in [-0.3, -0.25) is 0 Å². The van der Waals surface area contributed by atoms with Gasteiger partial charge in [-0.15, -0.1) is 0 Å². The summed E-state index contributed by atoms with van der Waals surface area (Å²) in [6.45, 7) is 0. The van der Waals surface area contributed by atoms with E-state index in [0.717, 1.165) is 0 Å². The van der Waals surface area contributed by atoms with Crippen LogP contribution in [0.4, 0.5) is 0 Å². The van der Waals surface area contributed by atoms with Gasteiger partial charge >= 0.3 is 0 Å². The number of hydrogen-bond donors (Lipinski definition) is 0. The zero-order chi connectivity index (χ0) is 3.58. The molecule has 4 heteroatoms. The molecule has 0 saturated heterocycles. The molecule has 0 aromatic heterocycles. The molecule has 0 unspecified atom stereocenters. The Balaban J connectivity index is 0. The molecule has 0 nitrogen and oxygen atoms in total. The van der Waals surface area contributed by atoms with Crippen LogP contribution in [-0.2, 0) is 19.5 Å². The Labute approximate surface area is 58.5 Å². The van der Waals surface area contributed by atoms with Crippen molar-refractivity contribution in [3.63, 3.8) is 0 Å². The van der Waals surface area contributed by atoms with Gasteiger partial charge in [0.15, 0.2) is 4.30 Å². The molecule has 0 rings (SSSR count). The molecule has 0 heterocycles. The Morgan fingerprint density at radius 3 is 1.00 bits per heavy atom. The van der Waals surface area contributed by atoms with Crippen LogP contribution in [0, 0.1) is 0 Å². The van der Waals surface area contributed by atoms with Gasteiger partial charge in [-0.1, -0.05) is 34.8 Å². The van der Waals surface area contributed by atoms with Crippen molar-refractivity contribution in [1.29, 1.82) is 0 Å². The van der Waals surface area contributed by atoms with Gasteiger partial charge in [-0.05, 0) is 0 Å². The van der Waals surface area contributed by atoms with Crippen molar-refractivity contribution in [3.05, 3.63) is 0 Å². The van der Waals surface area contributed by atoms with Gasteiger partial charge in [-0.2, -0.15) is 0 Å². The average Bonchev–Trinajstić information content (AvgIpc) is 0.811. The maximum atomic E-state index is 4.81. The van der Waals surface area contributed by atoms with Crippen LogP contribution in [-0.4, -0.2) is 4.30 Å². The van der Waals surface area contributed by atoms with Gasteiger partial charge in [0.05, 0.1) is 0 Å². The molecule has 0 fully saturated rings. The molecule has 0 atom stereocenters. The Morgan fingerprint density at radius 1 is 1.00 bits per heavy atom. The van der Waals surface area contributed by atoms with E-state index in [-0.39, 0.29) is 19.5 Å². The first-order valence-electron chi connectivity index (χ1n) is 0.655. The van der Waals surface area contributed by atoms with Gasteiger partial charge in [0.1, 0.15) is 0 Å². The summed E-state index contributed by atoms with van der Waals surface area (Å²) in [5, 5.41) is 0. The molecule has 0 aliphatic rings. The maximum absolute atomic E-state index is 4.81. The monoisotopic (exact) mass is 182 g/mol. The van der Waals surface area contributed by atoms with Gasteiger partial charge in [0.25, 0.3) is 0 Å². The fourth-order valence-corrected chi connectivity index (χ4v) is 0. The second kappa shape index (κ2) is 5.49. The number of halogens is 3. The van der Waals surface area contributed by atoms with Crippen molar-refractivity contribution in [3.8, 4) is 0 Å². The van der Waals surface area contributed by atoms with Crippen LogP contribution in [0.3, 0.4) is 0 Å². The number of alkyl halides is 3. The average molecular weight is 185 g/mol. The van der Waals surface area contributed by atoms with E-state index in [1.807, 2.05) is 0 Å². The zero-order valence-electron chi connectivity index (χ0n) is 2.42. The first kappa shape index (κ1) is 9.71. The minimum atomic E-state index is -0.750. The maximum Gasteiger partial charge on any atom is 0.180 e. The summed E-state index contributed by atoms with van der Waals surface area (Å²) in [5.41, 5.74) is 0. The van der Waals surface area contributed by atoms with Gasteiger partial charge in [-0.25, -0.2) is 0 Å². The van der Waals surface area contributed by atoms with Gasteiger partial charge in [0, 0.05) is 19.5 Å². The van der Waals surface area contributed by atoms with Crippen LogP contribution in [0.2, 0.25) is 0 Å². The molecule has 0 aromatic rings. The molecule has 28 valence electrons. The molecule has 0 aromatic carbocycles. The molecular weight excluding hydrogens is 184 g/mol. The first-order valence-corrected chi connectivity index (χ1v) is 1.96. The second-order valence-electron chi connectivity index (χ2n) is 0.247. The smallest absolute Gasteiger partial charge is 0.0874 e. The fraction of sp³-hybridized carbons (Fsp3) is 1.00. The molecular formula is CHCl3Zn. The Bertz CT molecular complexity index is 11.6.